The van der Waals surface area contributed by atoms with Gasteiger partial charge in [-0.05, 0) is 0 Å². The summed E-state index contributed by atoms with van der Waals surface area (Å²) in [5, 5.41) is -17.4. The van der Waals surface area contributed by atoms with E-state index < -0.39 is 78.6 Å². The lowest BCUT2D eigenvalue weighted by atomic mass is 10.0. The molecule has 0 saturated heterocycles. The van der Waals surface area contributed by atoms with Crippen molar-refractivity contribution in [2.45, 2.75) is 58.4 Å². The van der Waals surface area contributed by atoms with Crippen LogP contribution in [0.1, 0.15) is 0 Å². The number of hydrogen-bond acceptors (Lipinski definition) is 5. The summed E-state index contributed by atoms with van der Waals surface area (Å²) in [5.74, 6) is -52.1. The first kappa shape index (κ1) is 37.3. The summed E-state index contributed by atoms with van der Waals surface area (Å²) in [6.45, 7) is 0. The first-order valence-corrected chi connectivity index (χ1v) is 10.4. The molecule has 39 heavy (non-hydrogen) atoms. The van der Waals surface area contributed by atoms with Crippen LogP contribution < -0.4 is 0 Å². The van der Waals surface area contributed by atoms with Crippen molar-refractivity contribution in [3.8, 4) is 0 Å². The van der Waals surface area contributed by atoms with Crippen LogP contribution in [0.2, 0.25) is 0 Å². The van der Waals surface area contributed by atoms with Crippen LogP contribution in [0, 0.1) is 0 Å². The molecule has 0 saturated carbocycles. The Morgan fingerprint density at radius 1 is 0.308 bits per heavy atom. The van der Waals surface area contributed by atoms with E-state index in [1.54, 1.807) is 0 Å². The minimum Gasteiger partial charge on any atom is -0.192 e. The number of rotatable bonds is 10. The van der Waals surface area contributed by atoms with E-state index in [2.05, 4.69) is 0 Å². The van der Waals surface area contributed by atoms with E-state index in [-0.39, 0.29) is 0 Å². The Balaban J connectivity index is 7.01. The van der Waals surface area contributed by atoms with Gasteiger partial charge in [0.05, 0.1) is 0 Å². The number of halogens is 22. The molecule has 0 bridgehead atoms. The van der Waals surface area contributed by atoms with Crippen molar-refractivity contribution in [3.05, 3.63) is 0 Å². The van der Waals surface area contributed by atoms with E-state index in [1.165, 1.54) is 3.63 Å². The van der Waals surface area contributed by atoms with Gasteiger partial charge in [-0.25, -0.2) is 0 Å². The van der Waals surface area contributed by atoms with E-state index in [0.29, 0.717) is 0 Å². The Hall–Kier alpha value is -1.68. The van der Waals surface area contributed by atoms with Gasteiger partial charge >= 0.3 is 78.6 Å². The molecule has 0 rings (SSSR count). The zero-order valence-electron chi connectivity index (χ0n) is 16.2. The predicted molar refractivity (Wildman–Crippen MR) is 70.6 cm³/mol. The molecule has 0 aromatic carbocycles. The zero-order chi connectivity index (χ0) is 32.7. The van der Waals surface area contributed by atoms with Crippen molar-refractivity contribution in [3.63, 3.8) is 0 Å². The fourth-order valence-electron chi connectivity index (χ4n) is 1.63. The van der Waals surface area contributed by atoms with Gasteiger partial charge in [0, 0.05) is 0 Å². The lowest BCUT2D eigenvalue weighted by molar-refractivity contribution is -0.413. The van der Waals surface area contributed by atoms with Gasteiger partial charge < -0.3 is 0 Å². The first-order chi connectivity index (χ1) is 16.2. The van der Waals surface area contributed by atoms with Crippen molar-refractivity contribution in [2.75, 3.05) is 0 Å². The fourth-order valence-corrected chi connectivity index (χ4v) is 4.14. The van der Waals surface area contributed by atoms with Crippen molar-refractivity contribution in [2.24, 2.45) is 0 Å². The van der Waals surface area contributed by atoms with Crippen LogP contribution in [0.3, 0.4) is 0 Å². The van der Waals surface area contributed by atoms with Crippen LogP contribution in [-0.4, -0.2) is 75.2 Å². The zero-order valence-corrected chi connectivity index (χ0v) is 17.8. The molecule has 0 fully saturated rings. The highest BCUT2D eigenvalue weighted by atomic mass is 32.3. The van der Waals surface area contributed by atoms with Crippen LogP contribution in [0.25, 0.3) is 0 Å². The third kappa shape index (κ3) is 4.81. The second-order valence-electron chi connectivity index (χ2n) is 6.45. The Labute approximate surface area is 196 Å². The second-order valence-corrected chi connectivity index (χ2v) is 9.84. The number of alkyl halides is 22. The highest BCUT2D eigenvalue weighted by molar-refractivity contribution is 8.00. The van der Waals surface area contributed by atoms with Crippen molar-refractivity contribution >= 4 is 20.2 Å². The van der Waals surface area contributed by atoms with E-state index in [4.69, 9.17) is 0 Å². The van der Waals surface area contributed by atoms with Gasteiger partial charge in [-0.3, -0.25) is 0 Å². The average Bonchev–Trinajstić information content (AvgIpc) is 2.63. The first-order valence-electron chi connectivity index (χ1n) is 7.57. The predicted octanol–water partition coefficient (Wildman–Crippen LogP) is 5.78. The molecule has 0 aromatic heterocycles. The molecular weight excluding hydrogens is 682 g/mol. The minimum absolute atomic E-state index is 1.28. The summed E-state index contributed by atoms with van der Waals surface area (Å²) in [6.07, 6.45) is -16.0. The van der Waals surface area contributed by atoms with Gasteiger partial charge in [-0.1, -0.05) is 0 Å². The molecule has 0 heterocycles. The van der Waals surface area contributed by atoms with Crippen LogP contribution in [-0.2, 0) is 23.9 Å². The molecule has 0 aliphatic rings. The molecule has 0 atom stereocenters. The molecular formula is C10F22O5S2. The normalized spacial score (nSPS) is 17.0. The Morgan fingerprint density at radius 2 is 0.487 bits per heavy atom. The average molecular weight is 682 g/mol. The van der Waals surface area contributed by atoms with Crippen molar-refractivity contribution in [1.82, 2.24) is 0 Å². The van der Waals surface area contributed by atoms with E-state index in [0.717, 1.165) is 0 Å². The lowest BCUT2D eigenvalue weighted by Gasteiger charge is -2.37. The summed E-state index contributed by atoms with van der Waals surface area (Å²) in [6, 6.07) is 0. The van der Waals surface area contributed by atoms with Crippen LogP contribution in [0.15, 0.2) is 0 Å². The van der Waals surface area contributed by atoms with Crippen molar-refractivity contribution < 1.29 is 117 Å². The van der Waals surface area contributed by atoms with Gasteiger partial charge in [-0.2, -0.15) is 113 Å². The maximum Gasteiger partial charge on any atom is 0.460 e. The molecule has 0 aliphatic heterocycles. The molecule has 29 heteroatoms. The fraction of sp³-hybridized carbons (Fsp3) is 1.00. The third-order valence-electron chi connectivity index (χ3n) is 3.83. The molecule has 5 nitrogen and oxygen atoms in total. The van der Waals surface area contributed by atoms with Gasteiger partial charge in [0.15, 0.2) is 0 Å². The maximum atomic E-state index is 13.4. The molecule has 236 valence electrons. The monoisotopic (exact) mass is 682 g/mol. The molecule has 0 unspecified atom stereocenters. The summed E-state index contributed by atoms with van der Waals surface area (Å²) in [7, 11) is -18.7. The largest absolute Gasteiger partial charge is 0.460 e. The molecule has 0 N–H and O–H groups in total. The Bertz CT molecular complexity index is 1050. The standard InChI is InChI=1S/C10F22O5S2/c11-1(12,3(15,16)7(23,24)25)5(19,20)9(29,30)38(33,34)37-39(35,36)10(31,32)6(21,22)2(13,14)4(17,18)8(26,27)28. The van der Waals surface area contributed by atoms with Crippen LogP contribution in [0.4, 0.5) is 96.6 Å². The van der Waals surface area contributed by atoms with E-state index in [1.807, 2.05) is 0 Å². The minimum atomic E-state index is -9.34. The van der Waals surface area contributed by atoms with Gasteiger partial charge in [0.2, 0.25) is 0 Å². The SMILES string of the molecule is O=S(=O)(OS(=O)(=O)C(F)(F)C(F)(F)C(F)(F)C(F)(F)C(F)(F)F)C(F)(F)C(F)(F)C(F)(F)C(F)(F)C(F)(F)F. The Morgan fingerprint density at radius 3 is 0.641 bits per heavy atom. The Kier molecular flexibility index (Phi) is 8.52. The maximum absolute atomic E-state index is 13.4. The van der Waals surface area contributed by atoms with Crippen LogP contribution >= 0.6 is 0 Å². The molecule has 0 aliphatic carbocycles. The topological polar surface area (TPSA) is 77.5 Å². The van der Waals surface area contributed by atoms with Gasteiger partial charge in [-0.15, -0.1) is 3.63 Å². The van der Waals surface area contributed by atoms with Crippen LogP contribution in [0.5, 0.6) is 0 Å². The molecule has 0 amide bonds. The second kappa shape index (κ2) is 8.91. The summed E-state index contributed by atoms with van der Waals surface area (Å²) in [5.41, 5.74) is 0. The highest BCUT2D eigenvalue weighted by Gasteiger charge is 2.92. The lowest BCUT2D eigenvalue weighted by Crippen LogP contribution is -2.69. The van der Waals surface area contributed by atoms with E-state index in [9.17, 15) is 113 Å². The quantitative estimate of drug-likeness (QED) is 0.273. The van der Waals surface area contributed by atoms with Crippen molar-refractivity contribution in [1.29, 1.82) is 0 Å². The summed E-state index contributed by atoms with van der Waals surface area (Å²) in [4.78, 5) is 0. The molecule has 0 radical (unpaired) electrons. The molecule has 0 aromatic rings. The van der Waals surface area contributed by atoms with Gasteiger partial charge in [0.1, 0.15) is 0 Å². The number of hydrogen-bond donors (Lipinski definition) is 0. The summed E-state index contributed by atoms with van der Waals surface area (Å²) < 4.78 is 326. The summed E-state index contributed by atoms with van der Waals surface area (Å²) >= 11 is 0. The van der Waals surface area contributed by atoms with E-state index >= 15 is 0 Å². The third-order valence-corrected chi connectivity index (χ3v) is 7.03. The molecule has 0 spiro atoms. The smallest absolute Gasteiger partial charge is 0.192 e. The highest BCUT2D eigenvalue weighted by Crippen LogP contribution is 2.61. The van der Waals surface area contributed by atoms with Gasteiger partial charge in [0.25, 0.3) is 0 Å².